The van der Waals surface area contributed by atoms with Gasteiger partial charge in [0.15, 0.2) is 0 Å². The van der Waals surface area contributed by atoms with E-state index in [9.17, 15) is 0 Å². The van der Waals surface area contributed by atoms with Crippen molar-refractivity contribution in [1.82, 2.24) is 5.32 Å². The summed E-state index contributed by atoms with van der Waals surface area (Å²) in [4.78, 5) is 0. The molecule has 19 heavy (non-hydrogen) atoms. The fourth-order valence-electron chi connectivity index (χ4n) is 2.84. The zero-order valence-corrected chi connectivity index (χ0v) is 11.6. The summed E-state index contributed by atoms with van der Waals surface area (Å²) < 4.78 is 10.7. The lowest BCUT2D eigenvalue weighted by atomic mass is 10.0. The third kappa shape index (κ3) is 3.28. The average Bonchev–Trinajstić information content (AvgIpc) is 3.15. The smallest absolute Gasteiger partial charge is 0.118 e. The molecule has 1 N–H and O–H groups in total. The Labute approximate surface area is 115 Å². The van der Waals surface area contributed by atoms with Crippen LogP contribution in [0.2, 0.25) is 0 Å². The zero-order valence-electron chi connectivity index (χ0n) is 11.6. The van der Waals surface area contributed by atoms with Gasteiger partial charge in [-0.05, 0) is 48.8 Å². The van der Waals surface area contributed by atoms with Crippen molar-refractivity contribution in [3.8, 4) is 5.75 Å². The molecule has 0 amide bonds. The lowest BCUT2D eigenvalue weighted by Crippen LogP contribution is -2.29. The minimum absolute atomic E-state index is 0.506. The van der Waals surface area contributed by atoms with E-state index in [0.29, 0.717) is 12.0 Å². The highest BCUT2D eigenvalue weighted by Gasteiger charge is 2.32. The molecule has 104 valence electrons. The number of rotatable bonds is 6. The van der Waals surface area contributed by atoms with Crippen LogP contribution >= 0.6 is 0 Å². The SMILES string of the molecule is COc1ccc(C(NCC2CCOC2)C2CC2)cc1. The van der Waals surface area contributed by atoms with Gasteiger partial charge in [-0.2, -0.15) is 0 Å². The standard InChI is InChI=1S/C16H23NO2/c1-18-15-6-4-14(5-7-15)16(13-2-3-13)17-10-12-8-9-19-11-12/h4-7,12-13,16-17H,2-3,8-11H2,1H3. The van der Waals surface area contributed by atoms with E-state index in [1.807, 2.05) is 0 Å². The van der Waals surface area contributed by atoms with Gasteiger partial charge in [-0.25, -0.2) is 0 Å². The minimum atomic E-state index is 0.506. The predicted molar refractivity (Wildman–Crippen MR) is 75.4 cm³/mol. The molecule has 1 heterocycles. The number of ether oxygens (including phenoxy) is 2. The molecule has 1 saturated carbocycles. The van der Waals surface area contributed by atoms with Gasteiger partial charge in [0.2, 0.25) is 0 Å². The Morgan fingerprint density at radius 2 is 2.05 bits per heavy atom. The molecular weight excluding hydrogens is 238 g/mol. The molecule has 2 fully saturated rings. The van der Waals surface area contributed by atoms with Gasteiger partial charge in [-0.15, -0.1) is 0 Å². The monoisotopic (exact) mass is 261 g/mol. The summed E-state index contributed by atoms with van der Waals surface area (Å²) in [6.07, 6.45) is 3.91. The summed E-state index contributed by atoms with van der Waals surface area (Å²) >= 11 is 0. The van der Waals surface area contributed by atoms with Crippen LogP contribution in [0.4, 0.5) is 0 Å². The highest BCUT2D eigenvalue weighted by atomic mass is 16.5. The summed E-state index contributed by atoms with van der Waals surface area (Å²) in [6.45, 7) is 2.93. The molecule has 2 aliphatic rings. The molecule has 1 aromatic rings. The fraction of sp³-hybridized carbons (Fsp3) is 0.625. The second kappa shape index (κ2) is 5.93. The van der Waals surface area contributed by atoms with Crippen LogP contribution in [0.25, 0.3) is 0 Å². The van der Waals surface area contributed by atoms with E-state index in [4.69, 9.17) is 9.47 Å². The number of nitrogens with one attached hydrogen (secondary N) is 1. The molecule has 2 unspecified atom stereocenters. The molecule has 1 aliphatic heterocycles. The Morgan fingerprint density at radius 3 is 2.63 bits per heavy atom. The van der Waals surface area contributed by atoms with Crippen LogP contribution in [-0.2, 0) is 4.74 Å². The topological polar surface area (TPSA) is 30.5 Å². The van der Waals surface area contributed by atoms with Crippen molar-refractivity contribution >= 4 is 0 Å². The lowest BCUT2D eigenvalue weighted by molar-refractivity contribution is 0.184. The summed E-state index contributed by atoms with van der Waals surface area (Å²) in [5.41, 5.74) is 1.39. The van der Waals surface area contributed by atoms with Crippen molar-refractivity contribution < 1.29 is 9.47 Å². The first-order valence-corrected chi connectivity index (χ1v) is 7.32. The van der Waals surface area contributed by atoms with E-state index in [0.717, 1.165) is 31.4 Å². The van der Waals surface area contributed by atoms with E-state index in [1.165, 1.54) is 24.8 Å². The van der Waals surface area contributed by atoms with Crippen molar-refractivity contribution in [2.24, 2.45) is 11.8 Å². The molecule has 3 heteroatoms. The highest BCUT2D eigenvalue weighted by Crippen LogP contribution is 2.41. The number of hydrogen-bond donors (Lipinski definition) is 1. The Balaban J connectivity index is 1.62. The summed E-state index contributed by atoms with van der Waals surface area (Å²) in [7, 11) is 1.71. The highest BCUT2D eigenvalue weighted by molar-refractivity contribution is 5.30. The molecule has 1 saturated heterocycles. The van der Waals surface area contributed by atoms with Crippen LogP contribution < -0.4 is 10.1 Å². The third-order valence-corrected chi connectivity index (χ3v) is 4.22. The van der Waals surface area contributed by atoms with Crippen LogP contribution in [0.5, 0.6) is 5.75 Å². The Hall–Kier alpha value is -1.06. The summed E-state index contributed by atoms with van der Waals surface area (Å²) in [5.74, 6) is 2.44. The van der Waals surface area contributed by atoms with Crippen LogP contribution in [0.1, 0.15) is 30.9 Å². The molecule has 3 rings (SSSR count). The van der Waals surface area contributed by atoms with Gasteiger partial charge < -0.3 is 14.8 Å². The van der Waals surface area contributed by atoms with E-state index in [2.05, 4.69) is 29.6 Å². The van der Waals surface area contributed by atoms with E-state index < -0.39 is 0 Å². The number of methoxy groups -OCH3 is 1. The average molecular weight is 261 g/mol. The van der Waals surface area contributed by atoms with Crippen LogP contribution in [0.3, 0.4) is 0 Å². The van der Waals surface area contributed by atoms with Crippen molar-refractivity contribution in [2.75, 3.05) is 26.9 Å². The van der Waals surface area contributed by atoms with Crippen molar-refractivity contribution in [3.63, 3.8) is 0 Å². The van der Waals surface area contributed by atoms with Gasteiger partial charge in [0, 0.05) is 19.2 Å². The summed E-state index contributed by atoms with van der Waals surface area (Å²) in [5, 5.41) is 3.76. The molecular formula is C16H23NO2. The minimum Gasteiger partial charge on any atom is -0.497 e. The Kier molecular flexibility index (Phi) is 4.04. The second-order valence-electron chi connectivity index (χ2n) is 5.73. The maximum absolute atomic E-state index is 5.44. The summed E-state index contributed by atoms with van der Waals surface area (Å²) in [6, 6.07) is 9.02. The van der Waals surface area contributed by atoms with Gasteiger partial charge in [-0.1, -0.05) is 12.1 Å². The molecule has 2 atom stereocenters. The van der Waals surface area contributed by atoms with Gasteiger partial charge in [0.05, 0.1) is 13.7 Å². The van der Waals surface area contributed by atoms with E-state index in [1.54, 1.807) is 7.11 Å². The Bertz CT molecular complexity index is 394. The van der Waals surface area contributed by atoms with Crippen molar-refractivity contribution in [1.29, 1.82) is 0 Å². The molecule has 0 aromatic heterocycles. The molecule has 1 aliphatic carbocycles. The third-order valence-electron chi connectivity index (χ3n) is 4.22. The molecule has 0 radical (unpaired) electrons. The molecule has 1 aromatic carbocycles. The van der Waals surface area contributed by atoms with Gasteiger partial charge >= 0.3 is 0 Å². The van der Waals surface area contributed by atoms with E-state index >= 15 is 0 Å². The quantitative estimate of drug-likeness (QED) is 0.854. The van der Waals surface area contributed by atoms with Crippen LogP contribution in [-0.4, -0.2) is 26.9 Å². The maximum Gasteiger partial charge on any atom is 0.118 e. The maximum atomic E-state index is 5.44. The first-order valence-electron chi connectivity index (χ1n) is 7.32. The van der Waals surface area contributed by atoms with E-state index in [-0.39, 0.29) is 0 Å². The number of benzene rings is 1. The molecule has 0 bridgehead atoms. The molecule has 3 nitrogen and oxygen atoms in total. The van der Waals surface area contributed by atoms with Crippen LogP contribution in [0.15, 0.2) is 24.3 Å². The predicted octanol–water partition coefficient (Wildman–Crippen LogP) is 2.77. The first kappa shape index (κ1) is 12.9. The van der Waals surface area contributed by atoms with Crippen molar-refractivity contribution in [2.45, 2.75) is 25.3 Å². The van der Waals surface area contributed by atoms with Gasteiger partial charge in [-0.3, -0.25) is 0 Å². The number of hydrogen-bond acceptors (Lipinski definition) is 3. The largest absolute Gasteiger partial charge is 0.497 e. The van der Waals surface area contributed by atoms with Gasteiger partial charge in [0.1, 0.15) is 5.75 Å². The lowest BCUT2D eigenvalue weighted by Gasteiger charge is -2.21. The fourth-order valence-corrected chi connectivity index (χ4v) is 2.84. The van der Waals surface area contributed by atoms with Crippen LogP contribution in [0, 0.1) is 11.8 Å². The molecule has 0 spiro atoms. The van der Waals surface area contributed by atoms with Crippen molar-refractivity contribution in [3.05, 3.63) is 29.8 Å². The van der Waals surface area contributed by atoms with Gasteiger partial charge in [0.25, 0.3) is 0 Å². The normalized spacial score (nSPS) is 24.4. The Morgan fingerprint density at radius 1 is 1.26 bits per heavy atom. The zero-order chi connectivity index (χ0) is 13.1. The first-order chi connectivity index (χ1) is 9.36. The second-order valence-corrected chi connectivity index (χ2v) is 5.73.